The molecule has 134 valence electrons. The fourth-order valence-electron chi connectivity index (χ4n) is 2.23. The van der Waals surface area contributed by atoms with Crippen LogP contribution >= 0.6 is 0 Å². The normalized spacial score (nSPS) is 11.2. The number of nitrogens with one attached hydrogen (secondary N) is 2. The summed E-state index contributed by atoms with van der Waals surface area (Å²) in [5.74, 6) is 1.29. The second kappa shape index (κ2) is 7.46. The summed E-state index contributed by atoms with van der Waals surface area (Å²) in [7, 11) is -4.22. The number of rotatable bonds is 6. The van der Waals surface area contributed by atoms with Crippen molar-refractivity contribution in [1.29, 1.82) is 0 Å². The number of aromatic nitrogens is 3. The van der Waals surface area contributed by atoms with Gasteiger partial charge in [0, 0.05) is 12.2 Å². The molecule has 0 fully saturated rings. The summed E-state index contributed by atoms with van der Waals surface area (Å²) in [6.45, 7) is 2.33. The Morgan fingerprint density at radius 2 is 1.58 bits per heavy atom. The van der Waals surface area contributed by atoms with Gasteiger partial charge in [0.1, 0.15) is 5.82 Å². The highest BCUT2D eigenvalue weighted by Gasteiger charge is 2.09. The van der Waals surface area contributed by atoms with Gasteiger partial charge in [-0.15, -0.1) is 0 Å². The lowest BCUT2D eigenvalue weighted by molar-refractivity contribution is 0.483. The average Bonchev–Trinajstić information content (AvgIpc) is 2.60. The van der Waals surface area contributed by atoms with Crippen LogP contribution in [0.2, 0.25) is 0 Å². The Balaban J connectivity index is 1.73. The number of hydrogen-bond donors (Lipinski definition) is 3. The first-order valence-electron chi connectivity index (χ1n) is 7.75. The summed E-state index contributed by atoms with van der Waals surface area (Å²) < 4.78 is 31.2. The molecule has 0 bridgehead atoms. The smallest absolute Gasteiger partial charge is 0.294 e. The van der Waals surface area contributed by atoms with Gasteiger partial charge in [0.05, 0.1) is 4.90 Å². The first-order valence-corrected chi connectivity index (χ1v) is 9.19. The number of hydrogen-bond acceptors (Lipinski definition) is 7. The van der Waals surface area contributed by atoms with Crippen molar-refractivity contribution >= 4 is 27.7 Å². The SMILES string of the molecule is Cc1nc(NCc2ccccc2)nc(Nc2ccc(S(=O)(=O)O)cc2)n1. The predicted molar refractivity (Wildman–Crippen MR) is 97.9 cm³/mol. The Morgan fingerprint density at radius 1 is 0.923 bits per heavy atom. The maximum absolute atomic E-state index is 11.1. The number of aryl methyl sites for hydroxylation is 1. The van der Waals surface area contributed by atoms with E-state index in [2.05, 4.69) is 25.6 Å². The van der Waals surface area contributed by atoms with E-state index < -0.39 is 10.1 Å². The summed E-state index contributed by atoms with van der Waals surface area (Å²) in [5.41, 5.74) is 1.68. The van der Waals surface area contributed by atoms with E-state index in [0.29, 0.717) is 30.0 Å². The van der Waals surface area contributed by atoms with Crippen molar-refractivity contribution in [3.8, 4) is 0 Å². The molecule has 0 unspecified atom stereocenters. The summed E-state index contributed by atoms with van der Waals surface area (Å²) >= 11 is 0. The van der Waals surface area contributed by atoms with E-state index in [-0.39, 0.29) is 4.90 Å². The van der Waals surface area contributed by atoms with Crippen molar-refractivity contribution in [3.05, 3.63) is 66.0 Å². The van der Waals surface area contributed by atoms with Gasteiger partial charge in [0.25, 0.3) is 10.1 Å². The monoisotopic (exact) mass is 371 g/mol. The Bertz CT molecular complexity index is 993. The standard InChI is InChI=1S/C17H17N5O3S/c1-12-19-16(18-11-13-5-3-2-4-6-13)22-17(20-12)21-14-7-9-15(10-8-14)26(23,24)25/h2-10H,11H2,1H3,(H,23,24,25)(H2,18,19,20,21,22). The molecule has 0 saturated heterocycles. The molecule has 1 heterocycles. The van der Waals surface area contributed by atoms with E-state index >= 15 is 0 Å². The minimum atomic E-state index is -4.22. The lowest BCUT2D eigenvalue weighted by atomic mass is 10.2. The van der Waals surface area contributed by atoms with Gasteiger partial charge >= 0.3 is 0 Å². The Morgan fingerprint density at radius 3 is 2.23 bits per heavy atom. The molecule has 0 radical (unpaired) electrons. The van der Waals surface area contributed by atoms with Crippen molar-refractivity contribution in [2.45, 2.75) is 18.4 Å². The van der Waals surface area contributed by atoms with Crippen molar-refractivity contribution < 1.29 is 13.0 Å². The molecule has 0 spiro atoms. The Kier molecular flexibility index (Phi) is 5.10. The zero-order valence-electron chi connectivity index (χ0n) is 13.9. The number of anilines is 3. The summed E-state index contributed by atoms with van der Waals surface area (Å²) in [6, 6.07) is 15.5. The summed E-state index contributed by atoms with van der Waals surface area (Å²) in [5, 5.41) is 6.13. The molecular formula is C17H17N5O3S. The van der Waals surface area contributed by atoms with Crippen LogP contribution in [0.3, 0.4) is 0 Å². The first kappa shape index (κ1) is 17.8. The van der Waals surface area contributed by atoms with Gasteiger partial charge in [-0.2, -0.15) is 23.4 Å². The van der Waals surface area contributed by atoms with Crippen molar-refractivity contribution in [3.63, 3.8) is 0 Å². The fourth-order valence-corrected chi connectivity index (χ4v) is 2.71. The van der Waals surface area contributed by atoms with Crippen LogP contribution in [0, 0.1) is 6.92 Å². The lowest BCUT2D eigenvalue weighted by Crippen LogP contribution is -2.08. The molecular weight excluding hydrogens is 354 g/mol. The van der Waals surface area contributed by atoms with E-state index in [4.69, 9.17) is 4.55 Å². The van der Waals surface area contributed by atoms with Crippen LogP contribution in [0.4, 0.5) is 17.6 Å². The van der Waals surface area contributed by atoms with Crippen LogP contribution in [-0.2, 0) is 16.7 Å². The molecule has 9 heteroatoms. The number of nitrogens with zero attached hydrogens (tertiary/aromatic N) is 3. The fraction of sp³-hybridized carbons (Fsp3) is 0.118. The lowest BCUT2D eigenvalue weighted by Gasteiger charge is -2.09. The third-order valence-electron chi connectivity index (χ3n) is 3.45. The van der Waals surface area contributed by atoms with Crippen molar-refractivity contribution in [1.82, 2.24) is 15.0 Å². The quantitative estimate of drug-likeness (QED) is 0.566. The third kappa shape index (κ3) is 4.74. The summed E-state index contributed by atoms with van der Waals surface area (Å²) in [4.78, 5) is 12.6. The van der Waals surface area contributed by atoms with Crippen LogP contribution in [0.1, 0.15) is 11.4 Å². The Labute approximate surface area is 151 Å². The molecule has 8 nitrogen and oxygen atoms in total. The molecule has 2 aromatic carbocycles. The first-order chi connectivity index (χ1) is 12.4. The van der Waals surface area contributed by atoms with Crippen LogP contribution in [0.25, 0.3) is 0 Å². The van der Waals surface area contributed by atoms with Gasteiger partial charge in [0.15, 0.2) is 0 Å². The molecule has 0 atom stereocenters. The molecule has 3 rings (SSSR count). The van der Waals surface area contributed by atoms with Crippen LogP contribution < -0.4 is 10.6 Å². The zero-order chi connectivity index (χ0) is 18.6. The highest BCUT2D eigenvalue weighted by Crippen LogP contribution is 2.17. The maximum atomic E-state index is 11.1. The third-order valence-corrected chi connectivity index (χ3v) is 4.32. The highest BCUT2D eigenvalue weighted by atomic mass is 32.2. The molecule has 3 N–H and O–H groups in total. The van der Waals surface area contributed by atoms with E-state index in [1.807, 2.05) is 30.3 Å². The molecule has 3 aromatic rings. The van der Waals surface area contributed by atoms with Crippen molar-refractivity contribution in [2.24, 2.45) is 0 Å². The predicted octanol–water partition coefficient (Wildman–Crippen LogP) is 2.78. The van der Waals surface area contributed by atoms with E-state index in [9.17, 15) is 8.42 Å². The van der Waals surface area contributed by atoms with E-state index in [0.717, 1.165) is 5.56 Å². The second-order valence-electron chi connectivity index (χ2n) is 5.49. The topological polar surface area (TPSA) is 117 Å². The van der Waals surface area contributed by atoms with Gasteiger partial charge in [-0.3, -0.25) is 4.55 Å². The van der Waals surface area contributed by atoms with Crippen molar-refractivity contribution in [2.75, 3.05) is 10.6 Å². The van der Waals surface area contributed by atoms with E-state index in [1.165, 1.54) is 24.3 Å². The van der Waals surface area contributed by atoms with Gasteiger partial charge in [-0.05, 0) is 36.8 Å². The van der Waals surface area contributed by atoms with Gasteiger partial charge in [-0.25, -0.2) is 0 Å². The summed E-state index contributed by atoms with van der Waals surface area (Å²) in [6.07, 6.45) is 0. The van der Waals surface area contributed by atoms with Gasteiger partial charge in [0.2, 0.25) is 11.9 Å². The molecule has 0 aliphatic heterocycles. The van der Waals surface area contributed by atoms with Gasteiger partial charge < -0.3 is 10.6 Å². The second-order valence-corrected chi connectivity index (χ2v) is 6.91. The van der Waals surface area contributed by atoms with Gasteiger partial charge in [-0.1, -0.05) is 30.3 Å². The molecule has 0 aliphatic rings. The van der Waals surface area contributed by atoms with Crippen LogP contribution in [0.5, 0.6) is 0 Å². The van der Waals surface area contributed by atoms with Crippen LogP contribution in [-0.4, -0.2) is 27.9 Å². The molecule has 0 aliphatic carbocycles. The molecule has 26 heavy (non-hydrogen) atoms. The molecule has 1 aromatic heterocycles. The molecule has 0 saturated carbocycles. The highest BCUT2D eigenvalue weighted by molar-refractivity contribution is 7.85. The zero-order valence-corrected chi connectivity index (χ0v) is 14.7. The minimum absolute atomic E-state index is 0.180. The van der Waals surface area contributed by atoms with E-state index in [1.54, 1.807) is 6.92 Å². The maximum Gasteiger partial charge on any atom is 0.294 e. The largest absolute Gasteiger partial charge is 0.350 e. The number of benzene rings is 2. The molecule has 0 amide bonds. The minimum Gasteiger partial charge on any atom is -0.350 e. The Hall–Kier alpha value is -3.04. The average molecular weight is 371 g/mol. The van der Waals surface area contributed by atoms with Crippen LogP contribution in [0.15, 0.2) is 59.5 Å².